The van der Waals surface area contributed by atoms with Crippen LogP contribution in [-0.2, 0) is 14.3 Å². The summed E-state index contributed by atoms with van der Waals surface area (Å²) in [6, 6.07) is 0. The lowest BCUT2D eigenvalue weighted by Crippen LogP contribution is -2.40. The minimum Gasteiger partial charge on any atom is -0.257 e. The van der Waals surface area contributed by atoms with Crippen molar-refractivity contribution in [3.8, 4) is 0 Å². The first-order chi connectivity index (χ1) is 10.1. The zero-order chi connectivity index (χ0) is 16.5. The molecule has 0 saturated heterocycles. The van der Waals surface area contributed by atoms with Crippen LogP contribution in [0.4, 0.5) is 17.6 Å². The first-order valence-electron chi connectivity index (χ1n) is 7.38. The lowest BCUT2D eigenvalue weighted by molar-refractivity contribution is -0.0645. The lowest BCUT2D eigenvalue weighted by Gasteiger charge is -2.38. The molecule has 0 aromatic carbocycles. The van der Waals surface area contributed by atoms with Crippen molar-refractivity contribution in [3.05, 3.63) is 0 Å². The third-order valence-corrected chi connectivity index (χ3v) is 6.16. The molecule has 0 radical (unpaired) electrons. The second kappa shape index (κ2) is 6.81. The van der Waals surface area contributed by atoms with Gasteiger partial charge in [0, 0.05) is 5.38 Å². The molecule has 0 bridgehead atoms. The molecule has 0 heterocycles. The third kappa shape index (κ3) is 4.26. The molecule has 2 saturated carbocycles. The Kier molecular flexibility index (Phi) is 5.65. The maximum absolute atomic E-state index is 14.1. The maximum atomic E-state index is 14.1. The maximum Gasteiger partial charge on any atom is 0.523 e. The van der Waals surface area contributed by atoms with Crippen LogP contribution in [0.1, 0.15) is 44.9 Å². The highest BCUT2D eigenvalue weighted by Crippen LogP contribution is 2.41. The highest BCUT2D eigenvalue weighted by molar-refractivity contribution is 7.87. The Balaban J connectivity index is 1.90. The zero-order valence-electron chi connectivity index (χ0n) is 11.9. The van der Waals surface area contributed by atoms with Crippen LogP contribution in [0.5, 0.6) is 0 Å². The predicted octanol–water partition coefficient (Wildman–Crippen LogP) is 4.16. The molecule has 3 nitrogen and oxygen atoms in total. The Morgan fingerprint density at radius 1 is 0.955 bits per heavy atom. The SMILES string of the molecule is O=S(=O)(OC1CCC(C2CCC(Cl)CC2)CC1F)C(F)(F)F. The van der Waals surface area contributed by atoms with E-state index in [2.05, 4.69) is 4.18 Å². The van der Waals surface area contributed by atoms with Crippen LogP contribution in [0, 0.1) is 11.8 Å². The fourth-order valence-electron chi connectivity index (χ4n) is 3.42. The summed E-state index contributed by atoms with van der Waals surface area (Å²) >= 11 is 6.02. The van der Waals surface area contributed by atoms with Gasteiger partial charge < -0.3 is 0 Å². The van der Waals surface area contributed by atoms with Gasteiger partial charge in [-0.15, -0.1) is 11.6 Å². The second-order valence-electron chi connectivity index (χ2n) is 6.14. The summed E-state index contributed by atoms with van der Waals surface area (Å²) in [4.78, 5) is 0. The monoisotopic (exact) mass is 366 g/mol. The molecule has 130 valence electrons. The largest absolute Gasteiger partial charge is 0.523 e. The van der Waals surface area contributed by atoms with E-state index in [4.69, 9.17) is 11.6 Å². The fraction of sp³-hybridized carbons (Fsp3) is 1.00. The summed E-state index contributed by atoms with van der Waals surface area (Å²) in [6.45, 7) is 0. The van der Waals surface area contributed by atoms with Crippen molar-refractivity contribution in [2.75, 3.05) is 0 Å². The molecule has 2 rings (SSSR count). The number of alkyl halides is 5. The molecule has 3 unspecified atom stereocenters. The highest BCUT2D eigenvalue weighted by atomic mass is 35.5. The van der Waals surface area contributed by atoms with Crippen molar-refractivity contribution in [3.63, 3.8) is 0 Å². The van der Waals surface area contributed by atoms with E-state index in [0.29, 0.717) is 12.3 Å². The molecule has 0 spiro atoms. The molecule has 0 aromatic rings. The van der Waals surface area contributed by atoms with Crippen molar-refractivity contribution in [2.45, 2.75) is 68.1 Å². The van der Waals surface area contributed by atoms with Crippen LogP contribution in [0.3, 0.4) is 0 Å². The van der Waals surface area contributed by atoms with Crippen LogP contribution in [0.25, 0.3) is 0 Å². The molecule has 2 fully saturated rings. The van der Waals surface area contributed by atoms with E-state index >= 15 is 0 Å². The lowest BCUT2D eigenvalue weighted by atomic mass is 9.72. The quantitative estimate of drug-likeness (QED) is 0.326. The first kappa shape index (κ1) is 18.3. The Morgan fingerprint density at radius 2 is 1.50 bits per heavy atom. The van der Waals surface area contributed by atoms with Gasteiger partial charge in [-0.25, -0.2) is 4.39 Å². The average molecular weight is 367 g/mol. The Morgan fingerprint density at radius 3 is 2.00 bits per heavy atom. The van der Waals surface area contributed by atoms with Crippen LogP contribution >= 0.6 is 11.6 Å². The third-order valence-electron chi connectivity index (χ3n) is 4.66. The summed E-state index contributed by atoms with van der Waals surface area (Å²) < 4.78 is 76.9. The van der Waals surface area contributed by atoms with Gasteiger partial charge in [-0.1, -0.05) is 0 Å². The average Bonchev–Trinajstić information content (AvgIpc) is 2.40. The molecular formula is C13H19ClF4O3S. The summed E-state index contributed by atoms with van der Waals surface area (Å²) in [5.74, 6) is 0.376. The van der Waals surface area contributed by atoms with Gasteiger partial charge in [0.05, 0.1) is 0 Å². The van der Waals surface area contributed by atoms with Gasteiger partial charge in [-0.3, -0.25) is 4.18 Å². The predicted molar refractivity (Wildman–Crippen MR) is 73.7 cm³/mol. The van der Waals surface area contributed by atoms with Crippen LogP contribution in [0.2, 0.25) is 0 Å². The summed E-state index contributed by atoms with van der Waals surface area (Å²) in [5.41, 5.74) is -5.51. The highest BCUT2D eigenvalue weighted by Gasteiger charge is 2.50. The molecule has 0 amide bonds. The van der Waals surface area contributed by atoms with Gasteiger partial charge in [0.1, 0.15) is 12.3 Å². The van der Waals surface area contributed by atoms with Crippen LogP contribution < -0.4 is 0 Å². The van der Waals surface area contributed by atoms with Gasteiger partial charge in [-0.2, -0.15) is 21.6 Å². The first-order valence-corrected chi connectivity index (χ1v) is 9.22. The van der Waals surface area contributed by atoms with Crippen molar-refractivity contribution in [1.82, 2.24) is 0 Å². The molecule has 0 N–H and O–H groups in total. The van der Waals surface area contributed by atoms with Gasteiger partial charge in [0.25, 0.3) is 0 Å². The van der Waals surface area contributed by atoms with Gasteiger partial charge in [0.2, 0.25) is 0 Å². The topological polar surface area (TPSA) is 43.4 Å². The summed E-state index contributed by atoms with van der Waals surface area (Å²) in [7, 11) is -5.74. The Labute approximate surface area is 132 Å². The van der Waals surface area contributed by atoms with E-state index in [9.17, 15) is 26.0 Å². The number of hydrogen-bond donors (Lipinski definition) is 0. The van der Waals surface area contributed by atoms with Crippen LogP contribution in [0.15, 0.2) is 0 Å². The van der Waals surface area contributed by atoms with E-state index < -0.39 is 27.9 Å². The van der Waals surface area contributed by atoms with E-state index in [1.54, 1.807) is 0 Å². The molecule has 22 heavy (non-hydrogen) atoms. The van der Waals surface area contributed by atoms with E-state index in [1.165, 1.54) is 0 Å². The van der Waals surface area contributed by atoms with Crippen molar-refractivity contribution < 1.29 is 30.2 Å². The smallest absolute Gasteiger partial charge is 0.257 e. The van der Waals surface area contributed by atoms with Crippen molar-refractivity contribution >= 4 is 21.7 Å². The van der Waals surface area contributed by atoms with Gasteiger partial charge in [-0.05, 0) is 56.8 Å². The number of halogens is 5. The van der Waals surface area contributed by atoms with Crippen molar-refractivity contribution in [2.24, 2.45) is 11.8 Å². The Hall–Kier alpha value is -0.0800. The van der Waals surface area contributed by atoms with E-state index in [-0.39, 0.29) is 24.1 Å². The van der Waals surface area contributed by atoms with E-state index in [1.807, 2.05) is 0 Å². The Bertz CT molecular complexity index is 474. The molecule has 9 heteroatoms. The molecule has 0 aliphatic heterocycles. The fourth-order valence-corrected chi connectivity index (χ4v) is 4.33. The standard InChI is InChI=1S/C13H19ClF4O3S/c14-10-4-1-8(2-5-10)9-3-6-12(11(15)7-9)21-22(19,20)13(16,17)18/h8-12H,1-7H2. The molecule has 2 aliphatic carbocycles. The van der Waals surface area contributed by atoms with E-state index in [0.717, 1.165) is 25.7 Å². The minimum absolute atomic E-state index is 0.0120. The van der Waals surface area contributed by atoms with Crippen molar-refractivity contribution in [1.29, 1.82) is 0 Å². The minimum atomic E-state index is -5.74. The van der Waals surface area contributed by atoms with Gasteiger partial charge >= 0.3 is 15.6 Å². The normalized spacial score (nSPS) is 38.0. The number of rotatable bonds is 3. The second-order valence-corrected chi connectivity index (χ2v) is 8.32. The molecule has 0 aromatic heterocycles. The van der Waals surface area contributed by atoms with Gasteiger partial charge in [0.15, 0.2) is 0 Å². The molecule has 3 atom stereocenters. The number of hydrogen-bond acceptors (Lipinski definition) is 3. The molecular weight excluding hydrogens is 348 g/mol. The summed E-state index contributed by atoms with van der Waals surface area (Å²) in [5, 5.41) is 0.147. The van der Waals surface area contributed by atoms with Crippen LogP contribution in [-0.4, -0.2) is 31.6 Å². The molecule has 2 aliphatic rings. The zero-order valence-corrected chi connectivity index (χ0v) is 13.4. The summed E-state index contributed by atoms with van der Waals surface area (Å²) in [6.07, 6.45) is 0.796.